The highest BCUT2D eigenvalue weighted by Gasteiger charge is 2.28. The fourth-order valence-electron chi connectivity index (χ4n) is 3.57. The minimum Gasteiger partial charge on any atom is -0.342 e. The van der Waals surface area contributed by atoms with Crippen LogP contribution in [0.25, 0.3) is 11.3 Å². The summed E-state index contributed by atoms with van der Waals surface area (Å²) >= 11 is 1.29. The summed E-state index contributed by atoms with van der Waals surface area (Å²) in [5, 5.41) is 8.85. The highest BCUT2D eigenvalue weighted by molar-refractivity contribution is 7.03. The average molecular weight is 425 g/mol. The maximum atomic E-state index is 13.0. The van der Waals surface area contributed by atoms with Crippen LogP contribution >= 0.6 is 11.5 Å². The van der Waals surface area contributed by atoms with E-state index in [1.807, 2.05) is 29.6 Å². The van der Waals surface area contributed by atoms with Crippen molar-refractivity contribution in [2.45, 2.75) is 19.3 Å². The Balaban J connectivity index is 1.34. The van der Waals surface area contributed by atoms with Crippen LogP contribution in [0, 0.1) is 11.7 Å². The molecule has 1 aliphatic heterocycles. The van der Waals surface area contributed by atoms with E-state index < -0.39 is 0 Å². The summed E-state index contributed by atoms with van der Waals surface area (Å²) in [5.41, 5.74) is 3.22. The molecule has 0 saturated carbocycles. The first kappa shape index (κ1) is 20.2. The normalized spacial score (nSPS) is 16.3. The lowest BCUT2D eigenvalue weighted by molar-refractivity contribution is -0.133. The lowest BCUT2D eigenvalue weighted by atomic mass is 9.96. The van der Waals surface area contributed by atoms with Gasteiger partial charge in [0.05, 0.1) is 12.3 Å². The molecule has 2 aromatic carbocycles. The van der Waals surface area contributed by atoms with Crippen molar-refractivity contribution in [1.82, 2.24) is 14.5 Å². The molecule has 1 aromatic heterocycles. The molecular formula is C22H21FN4O2S. The molecule has 2 heterocycles. The van der Waals surface area contributed by atoms with Crippen LogP contribution in [0.3, 0.4) is 0 Å². The van der Waals surface area contributed by atoms with E-state index in [9.17, 15) is 14.0 Å². The van der Waals surface area contributed by atoms with Crippen molar-refractivity contribution in [3.63, 3.8) is 0 Å². The number of halogens is 1. The number of anilines is 1. The molecule has 0 spiro atoms. The number of hydrogen-bond acceptors (Lipinski definition) is 5. The molecule has 8 heteroatoms. The number of likely N-dealkylation sites (tertiary alicyclic amines) is 1. The van der Waals surface area contributed by atoms with Gasteiger partial charge in [-0.2, -0.15) is 0 Å². The molecule has 0 bridgehead atoms. The van der Waals surface area contributed by atoms with Crippen molar-refractivity contribution in [1.29, 1.82) is 0 Å². The molecular weight excluding hydrogens is 403 g/mol. The van der Waals surface area contributed by atoms with Crippen LogP contribution in [0.5, 0.6) is 0 Å². The third-order valence-corrected chi connectivity index (χ3v) is 5.73. The van der Waals surface area contributed by atoms with Crippen LogP contribution in [0.2, 0.25) is 0 Å². The van der Waals surface area contributed by atoms with Crippen LogP contribution < -0.4 is 5.32 Å². The SMILES string of the molecule is O=C(Nc1ccc(-c2csnn2)cc1)C1CCCN(C(=O)Cc2ccc(F)cc2)C1. The second-order valence-electron chi connectivity index (χ2n) is 7.34. The number of carbonyl (C=O) groups excluding carboxylic acids is 2. The number of piperidine rings is 1. The number of benzene rings is 2. The summed E-state index contributed by atoms with van der Waals surface area (Å²) in [6, 6.07) is 13.4. The van der Waals surface area contributed by atoms with Crippen molar-refractivity contribution in [2.24, 2.45) is 5.92 Å². The number of nitrogens with zero attached hydrogens (tertiary/aromatic N) is 3. The van der Waals surface area contributed by atoms with Gasteiger partial charge in [0.15, 0.2) is 0 Å². The molecule has 3 aromatic rings. The number of nitrogens with one attached hydrogen (secondary N) is 1. The summed E-state index contributed by atoms with van der Waals surface area (Å²) < 4.78 is 16.9. The van der Waals surface area contributed by atoms with Gasteiger partial charge in [0.25, 0.3) is 0 Å². The monoisotopic (exact) mass is 424 g/mol. The molecule has 4 rings (SSSR count). The molecule has 1 N–H and O–H groups in total. The first-order valence-corrected chi connectivity index (χ1v) is 10.6. The Kier molecular flexibility index (Phi) is 6.13. The van der Waals surface area contributed by atoms with E-state index in [2.05, 4.69) is 14.9 Å². The van der Waals surface area contributed by atoms with Crippen molar-refractivity contribution in [3.8, 4) is 11.3 Å². The first-order valence-electron chi connectivity index (χ1n) is 9.79. The van der Waals surface area contributed by atoms with Crippen LogP contribution in [0.1, 0.15) is 18.4 Å². The van der Waals surface area contributed by atoms with Gasteiger partial charge < -0.3 is 10.2 Å². The third kappa shape index (κ3) is 4.88. The molecule has 1 saturated heterocycles. The first-order chi connectivity index (χ1) is 14.6. The Bertz CT molecular complexity index is 1010. The molecule has 0 aliphatic carbocycles. The van der Waals surface area contributed by atoms with Gasteiger partial charge in [-0.15, -0.1) is 5.10 Å². The summed E-state index contributed by atoms with van der Waals surface area (Å²) in [5.74, 6) is -0.701. The lowest BCUT2D eigenvalue weighted by Gasteiger charge is -2.32. The van der Waals surface area contributed by atoms with Crippen molar-refractivity contribution in [3.05, 3.63) is 65.3 Å². The summed E-state index contributed by atoms with van der Waals surface area (Å²) in [7, 11) is 0. The molecule has 1 unspecified atom stereocenters. The smallest absolute Gasteiger partial charge is 0.229 e. The number of aromatic nitrogens is 2. The molecule has 1 fully saturated rings. The van der Waals surface area contributed by atoms with Gasteiger partial charge in [0.1, 0.15) is 11.5 Å². The largest absolute Gasteiger partial charge is 0.342 e. The standard InChI is InChI=1S/C22H21FN4O2S/c23-18-7-3-15(4-8-18)12-21(28)27-11-1-2-17(13-27)22(29)24-19-9-5-16(6-10-19)20-14-30-26-25-20/h3-10,14,17H,1-2,11-13H2,(H,24,29). The quantitative estimate of drug-likeness (QED) is 0.677. The molecule has 154 valence electrons. The molecule has 0 radical (unpaired) electrons. The zero-order valence-electron chi connectivity index (χ0n) is 16.3. The summed E-state index contributed by atoms with van der Waals surface area (Å²) in [6.45, 7) is 1.04. The second kappa shape index (κ2) is 9.13. The van der Waals surface area contributed by atoms with E-state index in [1.54, 1.807) is 17.0 Å². The number of rotatable bonds is 5. The maximum absolute atomic E-state index is 13.0. The number of carbonyl (C=O) groups is 2. The van der Waals surface area contributed by atoms with E-state index in [1.165, 1.54) is 23.7 Å². The summed E-state index contributed by atoms with van der Waals surface area (Å²) in [6.07, 6.45) is 1.74. The van der Waals surface area contributed by atoms with Crippen LogP contribution in [0.4, 0.5) is 10.1 Å². The Hall–Kier alpha value is -3.13. The zero-order chi connectivity index (χ0) is 20.9. The topological polar surface area (TPSA) is 75.2 Å². The van der Waals surface area contributed by atoms with E-state index >= 15 is 0 Å². The van der Waals surface area contributed by atoms with Crippen molar-refractivity contribution in [2.75, 3.05) is 18.4 Å². The van der Waals surface area contributed by atoms with Crippen LogP contribution in [0.15, 0.2) is 53.9 Å². The minimum atomic E-state index is -0.322. The molecule has 30 heavy (non-hydrogen) atoms. The predicted octanol–water partition coefficient (Wildman–Crippen LogP) is 3.76. The predicted molar refractivity (Wildman–Crippen MR) is 113 cm³/mol. The molecule has 6 nitrogen and oxygen atoms in total. The van der Waals surface area contributed by atoms with Crippen LogP contribution in [-0.2, 0) is 16.0 Å². The summed E-state index contributed by atoms with van der Waals surface area (Å²) in [4.78, 5) is 27.1. The lowest BCUT2D eigenvalue weighted by Crippen LogP contribution is -2.44. The van der Waals surface area contributed by atoms with Gasteiger partial charge in [-0.3, -0.25) is 9.59 Å². The minimum absolute atomic E-state index is 0.0414. The van der Waals surface area contributed by atoms with Gasteiger partial charge in [-0.25, -0.2) is 4.39 Å². The molecule has 1 aliphatic rings. The van der Waals surface area contributed by atoms with Gasteiger partial charge in [-0.1, -0.05) is 28.8 Å². The van der Waals surface area contributed by atoms with Gasteiger partial charge in [0.2, 0.25) is 11.8 Å². The van der Waals surface area contributed by atoms with Crippen molar-refractivity contribution >= 4 is 29.0 Å². The van der Waals surface area contributed by atoms with Crippen LogP contribution in [-0.4, -0.2) is 39.4 Å². The Morgan fingerprint density at radius 2 is 1.90 bits per heavy atom. The average Bonchev–Trinajstić information content (AvgIpc) is 3.31. The third-order valence-electron chi connectivity index (χ3n) is 5.22. The number of amides is 2. The van der Waals surface area contributed by atoms with E-state index in [-0.39, 0.29) is 30.0 Å². The molecule has 1 atom stereocenters. The Morgan fingerprint density at radius 1 is 1.13 bits per heavy atom. The highest BCUT2D eigenvalue weighted by atomic mass is 32.1. The van der Waals surface area contributed by atoms with Gasteiger partial charge >= 0.3 is 0 Å². The second-order valence-corrected chi connectivity index (χ2v) is 7.95. The van der Waals surface area contributed by atoms with Crippen molar-refractivity contribution < 1.29 is 14.0 Å². The van der Waals surface area contributed by atoms with E-state index in [4.69, 9.17) is 0 Å². The zero-order valence-corrected chi connectivity index (χ0v) is 17.1. The van der Waals surface area contributed by atoms with E-state index in [0.717, 1.165) is 29.7 Å². The fourth-order valence-corrected chi connectivity index (χ4v) is 4.03. The van der Waals surface area contributed by atoms with Gasteiger partial charge in [-0.05, 0) is 54.2 Å². The van der Waals surface area contributed by atoms with E-state index in [0.29, 0.717) is 18.8 Å². The van der Waals surface area contributed by atoms with Gasteiger partial charge in [0, 0.05) is 29.7 Å². The Morgan fingerprint density at radius 3 is 2.60 bits per heavy atom. The highest BCUT2D eigenvalue weighted by Crippen LogP contribution is 2.23. The maximum Gasteiger partial charge on any atom is 0.229 e. The fraction of sp³-hybridized carbons (Fsp3) is 0.273. The number of hydrogen-bond donors (Lipinski definition) is 1. The Labute approximate surface area is 177 Å². The molecule has 2 amide bonds.